The minimum absolute atomic E-state index is 0.509. The summed E-state index contributed by atoms with van der Waals surface area (Å²) in [5, 5.41) is 13.3. The van der Waals surface area contributed by atoms with Crippen LogP contribution in [0.25, 0.3) is 10.4 Å². The average Bonchev–Trinajstić information content (AvgIpc) is 2.14. The molecule has 0 saturated heterocycles. The van der Waals surface area contributed by atoms with Gasteiger partial charge in [0.1, 0.15) is 0 Å². The third-order valence-corrected chi connectivity index (χ3v) is 2.67. The second kappa shape index (κ2) is 5.01. The number of azide groups is 1. The minimum atomic E-state index is -0.684. The lowest BCUT2D eigenvalue weighted by molar-refractivity contribution is 0.164. The molecule has 0 bridgehead atoms. The van der Waals surface area contributed by atoms with Gasteiger partial charge in [0.2, 0.25) is 0 Å². The zero-order valence-corrected chi connectivity index (χ0v) is 10.1. The molecule has 1 aromatic rings. The van der Waals surface area contributed by atoms with Crippen LogP contribution in [-0.4, -0.2) is 11.2 Å². The predicted molar refractivity (Wildman–Crippen MR) is 64.2 cm³/mol. The number of benzene rings is 1. The molecule has 0 amide bonds. The van der Waals surface area contributed by atoms with Crippen molar-refractivity contribution in [1.29, 1.82) is 0 Å². The van der Waals surface area contributed by atoms with Crippen molar-refractivity contribution in [2.45, 2.75) is 39.8 Å². The topological polar surface area (TPSA) is 69.0 Å². The van der Waals surface area contributed by atoms with E-state index < -0.39 is 12.1 Å². The van der Waals surface area contributed by atoms with E-state index in [1.165, 1.54) is 5.56 Å². The molecule has 0 aromatic heterocycles. The number of hydrogen-bond acceptors (Lipinski definition) is 2. The molecular weight excluding hydrogens is 202 g/mol. The molecular formula is C12H17N3O. The number of hydrogen-bond donors (Lipinski definition) is 1. The summed E-state index contributed by atoms with van der Waals surface area (Å²) in [6.45, 7) is 7.60. The van der Waals surface area contributed by atoms with Gasteiger partial charge in [0.05, 0.1) is 12.1 Å². The van der Waals surface area contributed by atoms with Gasteiger partial charge in [0, 0.05) is 4.91 Å². The second-order valence-corrected chi connectivity index (χ2v) is 4.20. The second-order valence-electron chi connectivity index (χ2n) is 4.20. The van der Waals surface area contributed by atoms with Crippen LogP contribution in [0.5, 0.6) is 0 Å². The van der Waals surface area contributed by atoms with Crippen molar-refractivity contribution in [3.05, 3.63) is 44.8 Å². The molecule has 86 valence electrons. The summed E-state index contributed by atoms with van der Waals surface area (Å²) in [6.07, 6.45) is -0.684. The van der Waals surface area contributed by atoms with E-state index in [1.807, 2.05) is 32.9 Å². The Kier molecular flexibility index (Phi) is 3.93. The fourth-order valence-corrected chi connectivity index (χ4v) is 2.11. The van der Waals surface area contributed by atoms with Crippen LogP contribution < -0.4 is 0 Å². The molecule has 4 nitrogen and oxygen atoms in total. The Balaban J connectivity index is 3.34. The number of nitrogens with zero attached hydrogens (tertiary/aromatic N) is 3. The highest BCUT2D eigenvalue weighted by Crippen LogP contribution is 2.29. The van der Waals surface area contributed by atoms with Crippen molar-refractivity contribution in [2.24, 2.45) is 5.11 Å². The first kappa shape index (κ1) is 12.6. The van der Waals surface area contributed by atoms with Gasteiger partial charge in [0.25, 0.3) is 0 Å². The van der Waals surface area contributed by atoms with Crippen LogP contribution in [0.2, 0.25) is 0 Å². The smallest absolute Gasteiger partial charge is 0.0887 e. The molecule has 0 spiro atoms. The van der Waals surface area contributed by atoms with Crippen LogP contribution in [0.4, 0.5) is 0 Å². The summed E-state index contributed by atoms with van der Waals surface area (Å²) in [5.41, 5.74) is 12.7. The molecule has 0 saturated carbocycles. The Labute approximate surface area is 95.5 Å². The van der Waals surface area contributed by atoms with Crippen LogP contribution in [0.1, 0.15) is 35.2 Å². The lowest BCUT2D eigenvalue weighted by Gasteiger charge is -2.20. The van der Waals surface area contributed by atoms with Crippen molar-refractivity contribution in [1.82, 2.24) is 0 Å². The SMILES string of the molecule is Cc1cc(C)c([C@H](N=[N+]=[N-])[C@@H](C)O)c(C)c1. The van der Waals surface area contributed by atoms with E-state index in [1.54, 1.807) is 6.92 Å². The lowest BCUT2D eigenvalue weighted by atomic mass is 9.92. The Morgan fingerprint density at radius 2 is 1.75 bits per heavy atom. The van der Waals surface area contributed by atoms with Crippen LogP contribution in [-0.2, 0) is 0 Å². The summed E-state index contributed by atoms with van der Waals surface area (Å²) >= 11 is 0. The van der Waals surface area contributed by atoms with Gasteiger partial charge in [-0.15, -0.1) is 0 Å². The number of aliphatic hydroxyl groups excluding tert-OH is 1. The molecule has 0 radical (unpaired) electrons. The quantitative estimate of drug-likeness (QED) is 0.472. The number of rotatable bonds is 3. The third kappa shape index (κ3) is 2.54. The van der Waals surface area contributed by atoms with E-state index in [4.69, 9.17) is 5.53 Å². The van der Waals surface area contributed by atoms with Gasteiger partial charge in [-0.25, -0.2) is 0 Å². The zero-order chi connectivity index (χ0) is 12.3. The first-order valence-electron chi connectivity index (χ1n) is 5.27. The zero-order valence-electron chi connectivity index (χ0n) is 10.1. The van der Waals surface area contributed by atoms with Crippen molar-refractivity contribution in [3.8, 4) is 0 Å². The van der Waals surface area contributed by atoms with Crippen molar-refractivity contribution >= 4 is 0 Å². The van der Waals surface area contributed by atoms with E-state index in [2.05, 4.69) is 10.0 Å². The normalized spacial score (nSPS) is 14.1. The van der Waals surface area contributed by atoms with Gasteiger partial charge in [-0.05, 0) is 49.9 Å². The molecule has 0 aliphatic heterocycles. The van der Waals surface area contributed by atoms with Crippen LogP contribution in [0, 0.1) is 20.8 Å². The van der Waals surface area contributed by atoms with Gasteiger partial charge in [-0.2, -0.15) is 0 Å². The van der Waals surface area contributed by atoms with Crippen molar-refractivity contribution < 1.29 is 5.11 Å². The standard InChI is InChI=1S/C12H17N3O/c1-7-5-8(2)11(9(3)6-7)12(10(4)16)14-15-13/h5-6,10,12,16H,1-4H3/t10-,12-/m1/s1. The molecule has 1 N–H and O–H groups in total. The van der Waals surface area contributed by atoms with Gasteiger partial charge in [-0.1, -0.05) is 22.8 Å². The van der Waals surface area contributed by atoms with Crippen LogP contribution in [0.15, 0.2) is 17.2 Å². The average molecular weight is 219 g/mol. The maximum absolute atomic E-state index is 9.65. The highest BCUT2D eigenvalue weighted by atomic mass is 16.3. The Hall–Kier alpha value is -1.51. The maximum Gasteiger partial charge on any atom is 0.0887 e. The lowest BCUT2D eigenvalue weighted by Crippen LogP contribution is -2.14. The van der Waals surface area contributed by atoms with Crippen LogP contribution in [0.3, 0.4) is 0 Å². The summed E-state index contributed by atoms with van der Waals surface area (Å²) in [4.78, 5) is 2.80. The molecule has 2 atom stereocenters. The number of aryl methyl sites for hydroxylation is 3. The maximum atomic E-state index is 9.65. The van der Waals surface area contributed by atoms with E-state index in [9.17, 15) is 5.11 Å². The summed E-state index contributed by atoms with van der Waals surface area (Å²) in [6, 6.07) is 3.56. The largest absolute Gasteiger partial charge is 0.393 e. The molecule has 0 fully saturated rings. The van der Waals surface area contributed by atoms with Gasteiger partial charge >= 0.3 is 0 Å². The van der Waals surface area contributed by atoms with Gasteiger partial charge in [-0.3, -0.25) is 0 Å². The number of aliphatic hydroxyl groups is 1. The van der Waals surface area contributed by atoms with E-state index in [-0.39, 0.29) is 0 Å². The first-order chi connectivity index (χ1) is 7.47. The van der Waals surface area contributed by atoms with Crippen molar-refractivity contribution in [3.63, 3.8) is 0 Å². The predicted octanol–water partition coefficient (Wildman–Crippen LogP) is 3.34. The summed E-state index contributed by atoms with van der Waals surface area (Å²) < 4.78 is 0. The first-order valence-corrected chi connectivity index (χ1v) is 5.27. The molecule has 4 heteroatoms. The Bertz CT molecular complexity index is 411. The fraction of sp³-hybridized carbons (Fsp3) is 0.500. The minimum Gasteiger partial charge on any atom is -0.393 e. The monoisotopic (exact) mass is 219 g/mol. The summed E-state index contributed by atoms with van der Waals surface area (Å²) in [5.74, 6) is 0. The molecule has 0 heterocycles. The van der Waals surface area contributed by atoms with E-state index in [0.717, 1.165) is 16.7 Å². The molecule has 0 aliphatic carbocycles. The highest BCUT2D eigenvalue weighted by Gasteiger charge is 2.19. The Morgan fingerprint density at radius 3 is 2.12 bits per heavy atom. The van der Waals surface area contributed by atoms with E-state index in [0.29, 0.717) is 0 Å². The van der Waals surface area contributed by atoms with Crippen molar-refractivity contribution in [2.75, 3.05) is 0 Å². The third-order valence-electron chi connectivity index (χ3n) is 2.67. The van der Waals surface area contributed by atoms with E-state index >= 15 is 0 Å². The fourth-order valence-electron chi connectivity index (χ4n) is 2.11. The Morgan fingerprint density at radius 1 is 1.25 bits per heavy atom. The highest BCUT2D eigenvalue weighted by molar-refractivity contribution is 5.40. The molecule has 0 unspecified atom stereocenters. The molecule has 1 rings (SSSR count). The van der Waals surface area contributed by atoms with Gasteiger partial charge < -0.3 is 5.11 Å². The molecule has 16 heavy (non-hydrogen) atoms. The summed E-state index contributed by atoms with van der Waals surface area (Å²) in [7, 11) is 0. The van der Waals surface area contributed by atoms with Crippen LogP contribution >= 0.6 is 0 Å². The molecule has 1 aromatic carbocycles. The van der Waals surface area contributed by atoms with Gasteiger partial charge in [0.15, 0.2) is 0 Å². The molecule has 0 aliphatic rings.